The molecule has 5 nitrogen and oxygen atoms in total. The summed E-state index contributed by atoms with van der Waals surface area (Å²) in [6, 6.07) is -0.212. The SMILES string of the molecule is CCCC(C)(NC(=O)NC1CCCC1SCC)C(=O)O. The van der Waals surface area contributed by atoms with Gasteiger partial charge in [0.05, 0.1) is 0 Å². The Bertz CT molecular complexity index is 351. The van der Waals surface area contributed by atoms with Crippen molar-refractivity contribution in [2.75, 3.05) is 5.75 Å². The van der Waals surface area contributed by atoms with Gasteiger partial charge in [-0.05, 0) is 31.9 Å². The van der Waals surface area contributed by atoms with Crippen LogP contribution in [0.5, 0.6) is 0 Å². The molecule has 1 aliphatic rings. The minimum absolute atomic E-state index is 0.152. The molecule has 0 radical (unpaired) electrons. The number of carboxylic acids is 1. The first-order valence-corrected chi connectivity index (χ1v) is 8.41. The van der Waals surface area contributed by atoms with Gasteiger partial charge in [-0.3, -0.25) is 0 Å². The van der Waals surface area contributed by atoms with Gasteiger partial charge >= 0.3 is 12.0 Å². The number of thioether (sulfide) groups is 1. The number of amides is 2. The van der Waals surface area contributed by atoms with Gasteiger partial charge in [0, 0.05) is 11.3 Å². The average molecular weight is 302 g/mol. The Kier molecular flexibility index (Phi) is 6.65. The summed E-state index contributed by atoms with van der Waals surface area (Å²) < 4.78 is 0. The highest BCUT2D eigenvalue weighted by atomic mass is 32.2. The fourth-order valence-corrected chi connectivity index (χ4v) is 3.88. The Morgan fingerprint density at radius 2 is 2.05 bits per heavy atom. The lowest BCUT2D eigenvalue weighted by atomic mass is 9.96. The number of nitrogens with one attached hydrogen (secondary N) is 2. The van der Waals surface area contributed by atoms with Crippen LogP contribution in [0.2, 0.25) is 0 Å². The van der Waals surface area contributed by atoms with Crippen LogP contribution >= 0.6 is 11.8 Å². The monoisotopic (exact) mass is 302 g/mol. The van der Waals surface area contributed by atoms with Gasteiger partial charge in [-0.15, -0.1) is 0 Å². The summed E-state index contributed by atoms with van der Waals surface area (Å²) in [5, 5.41) is 15.3. The van der Waals surface area contributed by atoms with Crippen molar-refractivity contribution in [1.82, 2.24) is 10.6 Å². The fraction of sp³-hybridized carbons (Fsp3) is 0.857. The third-order valence-electron chi connectivity index (χ3n) is 3.76. The molecule has 0 heterocycles. The van der Waals surface area contributed by atoms with Gasteiger partial charge in [0.25, 0.3) is 0 Å². The molecule has 0 spiro atoms. The number of hydrogen-bond acceptors (Lipinski definition) is 3. The molecule has 1 aliphatic carbocycles. The quantitative estimate of drug-likeness (QED) is 0.675. The highest BCUT2D eigenvalue weighted by Gasteiger charge is 2.35. The maximum Gasteiger partial charge on any atom is 0.329 e. The predicted octanol–water partition coefficient (Wildman–Crippen LogP) is 2.60. The van der Waals surface area contributed by atoms with E-state index in [9.17, 15) is 14.7 Å². The third kappa shape index (κ3) is 4.58. The fourth-order valence-electron chi connectivity index (χ4n) is 2.68. The summed E-state index contributed by atoms with van der Waals surface area (Å²) in [6.45, 7) is 5.58. The summed E-state index contributed by atoms with van der Waals surface area (Å²) in [5.74, 6) is 0.0491. The first-order valence-electron chi connectivity index (χ1n) is 7.36. The minimum Gasteiger partial charge on any atom is -0.480 e. The zero-order valence-electron chi connectivity index (χ0n) is 12.6. The molecular weight excluding hydrogens is 276 g/mol. The van der Waals surface area contributed by atoms with Crippen molar-refractivity contribution in [3.63, 3.8) is 0 Å². The number of hydrogen-bond donors (Lipinski definition) is 3. The number of carbonyl (C=O) groups is 2. The average Bonchev–Trinajstić information content (AvgIpc) is 2.77. The normalized spacial score (nSPS) is 24.9. The maximum absolute atomic E-state index is 12.0. The Hall–Kier alpha value is -0.910. The lowest BCUT2D eigenvalue weighted by Gasteiger charge is -2.28. The molecule has 1 rings (SSSR count). The van der Waals surface area contributed by atoms with Crippen molar-refractivity contribution in [3.8, 4) is 0 Å². The van der Waals surface area contributed by atoms with Crippen LogP contribution < -0.4 is 10.6 Å². The van der Waals surface area contributed by atoms with E-state index in [2.05, 4.69) is 17.6 Å². The standard InChI is InChI=1S/C14H26N2O3S/c1-4-9-14(3,12(17)18)16-13(19)15-10-7-6-8-11(10)20-5-2/h10-11H,4-9H2,1-3H3,(H,17,18)(H2,15,16,19). The van der Waals surface area contributed by atoms with E-state index in [1.54, 1.807) is 6.92 Å². The van der Waals surface area contributed by atoms with Crippen LogP contribution in [0.1, 0.15) is 52.9 Å². The van der Waals surface area contributed by atoms with E-state index < -0.39 is 11.5 Å². The molecule has 3 N–H and O–H groups in total. The Balaban J connectivity index is 2.55. The summed E-state index contributed by atoms with van der Waals surface area (Å²) in [6.07, 6.45) is 4.35. The van der Waals surface area contributed by atoms with E-state index in [0.29, 0.717) is 18.1 Å². The first kappa shape index (κ1) is 17.1. The zero-order chi connectivity index (χ0) is 15.2. The largest absolute Gasteiger partial charge is 0.480 e. The van der Waals surface area contributed by atoms with Gasteiger partial charge in [0.15, 0.2) is 0 Å². The van der Waals surface area contributed by atoms with Crippen molar-refractivity contribution >= 4 is 23.8 Å². The topological polar surface area (TPSA) is 78.4 Å². The lowest BCUT2D eigenvalue weighted by Crippen LogP contribution is -2.57. The van der Waals surface area contributed by atoms with E-state index in [4.69, 9.17) is 0 Å². The minimum atomic E-state index is -1.19. The lowest BCUT2D eigenvalue weighted by molar-refractivity contribution is -0.144. The van der Waals surface area contributed by atoms with E-state index >= 15 is 0 Å². The molecule has 0 bridgehead atoms. The molecule has 0 aromatic carbocycles. The van der Waals surface area contributed by atoms with Gasteiger partial charge in [-0.1, -0.05) is 26.7 Å². The Labute approximate surface area is 125 Å². The molecule has 20 heavy (non-hydrogen) atoms. The number of aliphatic carboxylic acids is 1. The van der Waals surface area contributed by atoms with Crippen LogP contribution in [0.3, 0.4) is 0 Å². The van der Waals surface area contributed by atoms with Crippen molar-refractivity contribution in [3.05, 3.63) is 0 Å². The molecular formula is C14H26N2O3S. The van der Waals surface area contributed by atoms with E-state index in [0.717, 1.165) is 25.0 Å². The van der Waals surface area contributed by atoms with Crippen LogP contribution in [-0.4, -0.2) is 39.7 Å². The molecule has 0 aromatic heterocycles. The van der Waals surface area contributed by atoms with Crippen LogP contribution in [0.25, 0.3) is 0 Å². The smallest absolute Gasteiger partial charge is 0.329 e. The highest BCUT2D eigenvalue weighted by molar-refractivity contribution is 7.99. The Morgan fingerprint density at radius 3 is 2.60 bits per heavy atom. The first-order chi connectivity index (χ1) is 9.42. The van der Waals surface area contributed by atoms with E-state index in [1.807, 2.05) is 18.7 Å². The van der Waals surface area contributed by atoms with Gasteiger partial charge in [0.1, 0.15) is 5.54 Å². The molecule has 1 fully saturated rings. The van der Waals surface area contributed by atoms with Crippen molar-refractivity contribution in [2.45, 2.75) is 69.7 Å². The van der Waals surface area contributed by atoms with Gasteiger partial charge in [-0.25, -0.2) is 9.59 Å². The second-order valence-corrected chi connectivity index (χ2v) is 7.03. The number of carboxylic acid groups (broad SMARTS) is 1. The number of carbonyl (C=O) groups excluding carboxylic acids is 1. The summed E-state index contributed by atoms with van der Waals surface area (Å²) in [7, 11) is 0. The molecule has 3 atom stereocenters. The van der Waals surface area contributed by atoms with E-state index in [-0.39, 0.29) is 12.1 Å². The van der Waals surface area contributed by atoms with E-state index in [1.165, 1.54) is 0 Å². The molecule has 6 heteroatoms. The molecule has 0 aliphatic heterocycles. The Morgan fingerprint density at radius 1 is 1.35 bits per heavy atom. The van der Waals surface area contributed by atoms with Crippen LogP contribution in [0.15, 0.2) is 0 Å². The van der Waals surface area contributed by atoms with Crippen molar-refractivity contribution in [2.24, 2.45) is 0 Å². The maximum atomic E-state index is 12.0. The van der Waals surface area contributed by atoms with Gasteiger partial charge in [-0.2, -0.15) is 11.8 Å². The molecule has 116 valence electrons. The predicted molar refractivity (Wildman–Crippen MR) is 82.2 cm³/mol. The number of urea groups is 1. The van der Waals surface area contributed by atoms with Crippen molar-refractivity contribution in [1.29, 1.82) is 0 Å². The third-order valence-corrected chi connectivity index (χ3v) is 5.09. The molecule has 2 amide bonds. The summed E-state index contributed by atoms with van der Waals surface area (Å²) in [5.41, 5.74) is -1.19. The van der Waals surface area contributed by atoms with Gasteiger partial charge < -0.3 is 15.7 Å². The molecule has 3 unspecified atom stereocenters. The zero-order valence-corrected chi connectivity index (χ0v) is 13.4. The summed E-state index contributed by atoms with van der Waals surface area (Å²) >= 11 is 1.86. The molecule has 0 aromatic rings. The second-order valence-electron chi connectivity index (χ2n) is 5.52. The van der Waals surface area contributed by atoms with Crippen LogP contribution in [0, 0.1) is 0 Å². The second kappa shape index (κ2) is 7.76. The van der Waals surface area contributed by atoms with Crippen LogP contribution in [0.4, 0.5) is 4.79 Å². The van der Waals surface area contributed by atoms with Crippen molar-refractivity contribution < 1.29 is 14.7 Å². The van der Waals surface area contributed by atoms with Crippen LogP contribution in [-0.2, 0) is 4.79 Å². The molecule has 0 saturated heterocycles. The summed E-state index contributed by atoms with van der Waals surface area (Å²) in [4.78, 5) is 23.4. The number of rotatable bonds is 7. The molecule has 1 saturated carbocycles. The highest BCUT2D eigenvalue weighted by Crippen LogP contribution is 2.29. The van der Waals surface area contributed by atoms with Gasteiger partial charge in [0.2, 0.25) is 0 Å².